The second kappa shape index (κ2) is 8.18. The monoisotopic (exact) mass is 363 g/mol. The summed E-state index contributed by atoms with van der Waals surface area (Å²) in [5.74, 6) is 0.187. The molecule has 0 bridgehead atoms. The molecule has 6 nitrogen and oxygen atoms in total. The molecule has 1 unspecified atom stereocenters. The maximum absolute atomic E-state index is 12.3. The van der Waals surface area contributed by atoms with Crippen molar-refractivity contribution >= 4 is 29.9 Å². The Kier molecular flexibility index (Phi) is 6.22. The van der Waals surface area contributed by atoms with E-state index < -0.39 is 0 Å². The Morgan fingerprint density at radius 1 is 1.36 bits per heavy atom. The van der Waals surface area contributed by atoms with E-state index in [4.69, 9.17) is 10.2 Å². The third-order valence-electron chi connectivity index (χ3n) is 4.22. The van der Waals surface area contributed by atoms with Crippen molar-refractivity contribution < 1.29 is 14.0 Å². The van der Waals surface area contributed by atoms with Crippen molar-refractivity contribution in [3.8, 4) is 0 Å². The predicted molar refractivity (Wildman–Crippen MR) is 97.8 cm³/mol. The molecule has 1 aliphatic heterocycles. The summed E-state index contributed by atoms with van der Waals surface area (Å²) >= 11 is 0. The lowest BCUT2D eigenvalue weighted by atomic mass is 10.1. The lowest BCUT2D eigenvalue weighted by Gasteiger charge is -2.17. The van der Waals surface area contributed by atoms with E-state index in [9.17, 15) is 9.59 Å². The van der Waals surface area contributed by atoms with Gasteiger partial charge in [0.05, 0.1) is 19.2 Å². The number of hydrogen-bond acceptors (Lipinski definition) is 4. The highest BCUT2D eigenvalue weighted by atomic mass is 35.5. The minimum absolute atomic E-state index is 0. The smallest absolute Gasteiger partial charge is 0.287 e. The number of carbonyl (C=O) groups excluding carboxylic acids is 2. The summed E-state index contributed by atoms with van der Waals surface area (Å²) < 4.78 is 5.34. The van der Waals surface area contributed by atoms with Gasteiger partial charge < -0.3 is 20.4 Å². The van der Waals surface area contributed by atoms with Crippen LogP contribution in [0.25, 0.3) is 0 Å². The van der Waals surface area contributed by atoms with Crippen LogP contribution in [-0.2, 0) is 17.8 Å². The van der Waals surface area contributed by atoms with Crippen LogP contribution in [0.2, 0.25) is 0 Å². The standard InChI is InChI=1S/C18H21N3O3.ClH/c1-12(9-19)10-20-18(23)17-14(6-7-24-17)11-21-15-5-3-2-4-13(15)8-16(21)22;/h2-7,12H,8-11,19H2,1H3,(H,20,23);1H. The Balaban J connectivity index is 0.00000225. The molecule has 7 heteroatoms. The second-order valence-electron chi connectivity index (χ2n) is 6.11. The number of amides is 2. The molecule has 0 saturated heterocycles. The predicted octanol–water partition coefficient (Wildman–Crippen LogP) is 2.12. The molecular formula is C18H22ClN3O3. The minimum Gasteiger partial charge on any atom is -0.459 e. The van der Waals surface area contributed by atoms with Gasteiger partial charge in [0.25, 0.3) is 5.91 Å². The Hall–Kier alpha value is -2.31. The first kappa shape index (κ1) is 19.0. The van der Waals surface area contributed by atoms with Gasteiger partial charge in [-0.05, 0) is 30.2 Å². The molecule has 0 saturated carbocycles. The van der Waals surface area contributed by atoms with E-state index in [0.29, 0.717) is 31.6 Å². The van der Waals surface area contributed by atoms with E-state index >= 15 is 0 Å². The van der Waals surface area contributed by atoms with E-state index in [2.05, 4.69) is 5.32 Å². The first-order valence-corrected chi connectivity index (χ1v) is 8.03. The van der Waals surface area contributed by atoms with Gasteiger partial charge in [-0.1, -0.05) is 25.1 Å². The molecule has 3 N–H and O–H groups in total. The van der Waals surface area contributed by atoms with Crippen LogP contribution in [0.5, 0.6) is 0 Å². The van der Waals surface area contributed by atoms with E-state index in [-0.39, 0.29) is 35.9 Å². The van der Waals surface area contributed by atoms with Crippen LogP contribution in [0, 0.1) is 5.92 Å². The Morgan fingerprint density at radius 2 is 2.12 bits per heavy atom. The van der Waals surface area contributed by atoms with Gasteiger partial charge in [0.15, 0.2) is 5.76 Å². The number of rotatable bonds is 6. The molecule has 2 aromatic rings. The molecule has 0 aliphatic carbocycles. The van der Waals surface area contributed by atoms with Gasteiger partial charge in [-0.25, -0.2) is 0 Å². The van der Waals surface area contributed by atoms with Crippen molar-refractivity contribution in [3.63, 3.8) is 0 Å². The summed E-state index contributed by atoms with van der Waals surface area (Å²) in [5.41, 5.74) is 8.15. The van der Waals surface area contributed by atoms with Gasteiger partial charge in [0.1, 0.15) is 0 Å². The molecule has 1 aliphatic rings. The lowest BCUT2D eigenvalue weighted by Crippen LogP contribution is -2.32. The van der Waals surface area contributed by atoms with Gasteiger partial charge >= 0.3 is 0 Å². The minimum atomic E-state index is -0.282. The number of fused-ring (bicyclic) bond motifs is 1. The average Bonchev–Trinajstić information content (AvgIpc) is 3.17. The molecule has 1 aromatic heterocycles. The van der Waals surface area contributed by atoms with Crippen LogP contribution in [0.3, 0.4) is 0 Å². The number of nitrogens with one attached hydrogen (secondary N) is 1. The average molecular weight is 364 g/mol. The van der Waals surface area contributed by atoms with Crippen LogP contribution in [0.15, 0.2) is 41.0 Å². The van der Waals surface area contributed by atoms with Crippen LogP contribution >= 0.6 is 12.4 Å². The number of nitrogens with zero attached hydrogens (tertiary/aromatic N) is 1. The number of benzene rings is 1. The Labute approximate surface area is 152 Å². The number of halogens is 1. The van der Waals surface area contributed by atoms with Crippen LogP contribution < -0.4 is 16.0 Å². The maximum atomic E-state index is 12.3. The van der Waals surface area contributed by atoms with Gasteiger partial charge in [-0.2, -0.15) is 0 Å². The maximum Gasteiger partial charge on any atom is 0.287 e. The van der Waals surface area contributed by atoms with Gasteiger partial charge in [0.2, 0.25) is 5.91 Å². The molecule has 1 atom stereocenters. The first-order valence-electron chi connectivity index (χ1n) is 8.03. The van der Waals surface area contributed by atoms with Gasteiger partial charge in [0, 0.05) is 17.8 Å². The highest BCUT2D eigenvalue weighted by Crippen LogP contribution is 2.30. The number of hydrogen-bond donors (Lipinski definition) is 2. The summed E-state index contributed by atoms with van der Waals surface area (Å²) in [6.45, 7) is 3.27. The van der Waals surface area contributed by atoms with Crippen molar-refractivity contribution in [1.29, 1.82) is 0 Å². The highest BCUT2D eigenvalue weighted by molar-refractivity contribution is 6.01. The molecule has 0 fully saturated rings. The van der Waals surface area contributed by atoms with Crippen molar-refractivity contribution in [3.05, 3.63) is 53.5 Å². The number of anilines is 1. The lowest BCUT2D eigenvalue weighted by molar-refractivity contribution is -0.117. The fraction of sp³-hybridized carbons (Fsp3) is 0.333. The van der Waals surface area contributed by atoms with E-state index in [1.807, 2.05) is 31.2 Å². The molecule has 134 valence electrons. The molecule has 3 rings (SSSR count). The van der Waals surface area contributed by atoms with E-state index in [0.717, 1.165) is 11.3 Å². The number of para-hydroxylation sites is 1. The summed E-state index contributed by atoms with van der Waals surface area (Å²) in [7, 11) is 0. The van der Waals surface area contributed by atoms with Gasteiger partial charge in [-0.15, -0.1) is 12.4 Å². The first-order chi connectivity index (χ1) is 11.6. The number of nitrogens with two attached hydrogens (primary N) is 1. The summed E-state index contributed by atoms with van der Waals surface area (Å²) in [6.07, 6.45) is 1.87. The van der Waals surface area contributed by atoms with Crippen molar-refractivity contribution in [2.24, 2.45) is 11.7 Å². The quantitative estimate of drug-likeness (QED) is 0.822. The molecule has 0 spiro atoms. The van der Waals surface area contributed by atoms with Crippen LogP contribution in [0.4, 0.5) is 5.69 Å². The Morgan fingerprint density at radius 3 is 2.88 bits per heavy atom. The third kappa shape index (κ3) is 4.03. The van der Waals surface area contributed by atoms with Crippen molar-refractivity contribution in [2.75, 3.05) is 18.0 Å². The fourth-order valence-electron chi connectivity index (χ4n) is 2.75. The zero-order chi connectivity index (χ0) is 17.1. The fourth-order valence-corrected chi connectivity index (χ4v) is 2.75. The normalized spacial score (nSPS) is 14.0. The topological polar surface area (TPSA) is 88.6 Å². The number of furan rings is 1. The molecular weight excluding hydrogens is 342 g/mol. The number of carbonyl (C=O) groups is 2. The van der Waals surface area contributed by atoms with Crippen molar-refractivity contribution in [1.82, 2.24) is 5.32 Å². The molecule has 2 amide bonds. The summed E-state index contributed by atoms with van der Waals surface area (Å²) in [4.78, 5) is 26.3. The third-order valence-corrected chi connectivity index (χ3v) is 4.22. The SMILES string of the molecule is CC(CN)CNC(=O)c1occc1CN1C(=O)Cc2ccccc21.Cl. The largest absolute Gasteiger partial charge is 0.459 e. The van der Waals surface area contributed by atoms with Crippen molar-refractivity contribution in [2.45, 2.75) is 19.9 Å². The summed E-state index contributed by atoms with van der Waals surface area (Å²) in [5, 5.41) is 2.82. The van der Waals surface area contributed by atoms with E-state index in [1.54, 1.807) is 11.0 Å². The van der Waals surface area contributed by atoms with Crippen LogP contribution in [0.1, 0.15) is 28.6 Å². The zero-order valence-electron chi connectivity index (χ0n) is 14.0. The molecule has 0 radical (unpaired) electrons. The van der Waals surface area contributed by atoms with Crippen LogP contribution in [-0.4, -0.2) is 24.9 Å². The summed E-state index contributed by atoms with van der Waals surface area (Å²) in [6, 6.07) is 9.43. The molecule has 1 aromatic carbocycles. The second-order valence-corrected chi connectivity index (χ2v) is 6.11. The van der Waals surface area contributed by atoms with E-state index in [1.165, 1.54) is 6.26 Å². The van der Waals surface area contributed by atoms with Gasteiger partial charge in [-0.3, -0.25) is 9.59 Å². The zero-order valence-corrected chi connectivity index (χ0v) is 14.8. The molecule has 25 heavy (non-hydrogen) atoms. The Bertz CT molecular complexity index is 760. The molecule has 2 heterocycles. The highest BCUT2D eigenvalue weighted by Gasteiger charge is 2.28.